The van der Waals surface area contributed by atoms with Crippen LogP contribution in [0, 0.1) is 17.2 Å². The van der Waals surface area contributed by atoms with Crippen molar-refractivity contribution < 1.29 is 9.53 Å². The lowest BCUT2D eigenvalue weighted by Crippen LogP contribution is -2.34. The average molecular weight is 327 g/mol. The molecule has 0 aliphatic heterocycles. The molecule has 5 nitrogen and oxygen atoms in total. The van der Waals surface area contributed by atoms with E-state index in [1.54, 1.807) is 30.5 Å². The van der Waals surface area contributed by atoms with Gasteiger partial charge in [-0.15, -0.1) is 0 Å². The molecular formula is C19H25N3O2. The largest absolute Gasteiger partial charge is 0.494 e. The third kappa shape index (κ3) is 5.02. The zero-order valence-electron chi connectivity index (χ0n) is 14.3. The van der Waals surface area contributed by atoms with Gasteiger partial charge in [-0.2, -0.15) is 5.26 Å². The maximum absolute atomic E-state index is 12.2. The normalized spacial score (nSPS) is 20.8. The minimum absolute atomic E-state index is 0.0849. The summed E-state index contributed by atoms with van der Waals surface area (Å²) in [4.78, 5) is 12.2. The van der Waals surface area contributed by atoms with Crippen molar-refractivity contribution in [1.29, 1.82) is 5.26 Å². The first-order valence-electron chi connectivity index (χ1n) is 8.54. The van der Waals surface area contributed by atoms with E-state index in [1.807, 2.05) is 13.0 Å². The van der Waals surface area contributed by atoms with Crippen LogP contribution in [0.15, 0.2) is 36.0 Å². The average Bonchev–Trinajstić information content (AvgIpc) is 2.59. The number of nitriles is 1. The summed E-state index contributed by atoms with van der Waals surface area (Å²) in [6.45, 7) is 4.72. The number of ether oxygens (including phenoxy) is 1. The molecule has 2 rings (SSSR count). The minimum Gasteiger partial charge on any atom is -0.494 e. The van der Waals surface area contributed by atoms with Crippen LogP contribution < -0.4 is 15.4 Å². The Morgan fingerprint density at radius 2 is 2.04 bits per heavy atom. The van der Waals surface area contributed by atoms with Crippen molar-refractivity contribution in [1.82, 2.24) is 5.32 Å². The van der Waals surface area contributed by atoms with Gasteiger partial charge in [-0.3, -0.25) is 4.79 Å². The van der Waals surface area contributed by atoms with Crippen molar-refractivity contribution in [3.63, 3.8) is 0 Å². The lowest BCUT2D eigenvalue weighted by atomic mass is 9.86. The van der Waals surface area contributed by atoms with Gasteiger partial charge in [0.15, 0.2) is 0 Å². The Balaban J connectivity index is 1.95. The van der Waals surface area contributed by atoms with E-state index in [4.69, 9.17) is 4.74 Å². The molecule has 1 aromatic carbocycles. The van der Waals surface area contributed by atoms with Gasteiger partial charge in [-0.25, -0.2) is 0 Å². The molecule has 0 bridgehead atoms. The van der Waals surface area contributed by atoms with E-state index in [-0.39, 0.29) is 5.57 Å². The van der Waals surface area contributed by atoms with Crippen LogP contribution in [0.2, 0.25) is 0 Å². The highest BCUT2D eigenvalue weighted by atomic mass is 16.5. The number of carbonyl (C=O) groups excluding carboxylic acids is 1. The Hall–Kier alpha value is -2.48. The van der Waals surface area contributed by atoms with E-state index >= 15 is 0 Å². The highest BCUT2D eigenvalue weighted by Crippen LogP contribution is 2.23. The van der Waals surface area contributed by atoms with Gasteiger partial charge in [0.05, 0.1) is 6.61 Å². The summed E-state index contributed by atoms with van der Waals surface area (Å²) in [6, 6.07) is 9.40. The van der Waals surface area contributed by atoms with Gasteiger partial charge >= 0.3 is 0 Å². The second kappa shape index (κ2) is 8.97. The van der Waals surface area contributed by atoms with Crippen molar-refractivity contribution in [2.75, 3.05) is 11.9 Å². The lowest BCUT2D eigenvalue weighted by molar-refractivity contribution is -0.112. The van der Waals surface area contributed by atoms with Crippen LogP contribution in [0.5, 0.6) is 5.75 Å². The number of hydrogen-bond acceptors (Lipinski definition) is 4. The Labute approximate surface area is 143 Å². The fraction of sp³-hybridized carbons (Fsp3) is 0.474. The summed E-state index contributed by atoms with van der Waals surface area (Å²) in [5.41, 5.74) is 0.720. The van der Waals surface area contributed by atoms with Gasteiger partial charge < -0.3 is 15.4 Å². The van der Waals surface area contributed by atoms with E-state index in [9.17, 15) is 10.1 Å². The lowest BCUT2D eigenvalue weighted by Gasteiger charge is -2.29. The summed E-state index contributed by atoms with van der Waals surface area (Å²) in [5.74, 6) is 0.904. The Bertz CT molecular complexity index is 616. The number of rotatable bonds is 6. The first-order valence-corrected chi connectivity index (χ1v) is 8.54. The Morgan fingerprint density at radius 1 is 1.33 bits per heavy atom. The molecule has 2 N–H and O–H groups in total. The number of amides is 1. The molecule has 2 unspecified atom stereocenters. The summed E-state index contributed by atoms with van der Waals surface area (Å²) in [6.07, 6.45) is 6.27. The highest BCUT2D eigenvalue weighted by molar-refractivity contribution is 6.06. The molecular weight excluding hydrogens is 302 g/mol. The molecule has 0 heterocycles. The van der Waals surface area contributed by atoms with Gasteiger partial charge in [-0.1, -0.05) is 19.8 Å². The van der Waals surface area contributed by atoms with E-state index in [1.165, 1.54) is 19.3 Å². The molecule has 1 aromatic rings. The molecule has 0 radical (unpaired) electrons. The van der Waals surface area contributed by atoms with Gasteiger partial charge in [0.1, 0.15) is 17.4 Å². The molecule has 24 heavy (non-hydrogen) atoms. The summed E-state index contributed by atoms with van der Waals surface area (Å²) in [7, 11) is 0. The van der Waals surface area contributed by atoms with Crippen LogP contribution in [0.3, 0.4) is 0 Å². The van der Waals surface area contributed by atoms with Crippen LogP contribution in [-0.2, 0) is 4.79 Å². The second-order valence-corrected chi connectivity index (χ2v) is 6.12. The van der Waals surface area contributed by atoms with Crippen LogP contribution in [-0.4, -0.2) is 18.6 Å². The number of nitrogens with zero attached hydrogens (tertiary/aromatic N) is 1. The van der Waals surface area contributed by atoms with Crippen molar-refractivity contribution in [2.45, 2.75) is 45.6 Å². The monoisotopic (exact) mass is 327 g/mol. The van der Waals surface area contributed by atoms with E-state index in [0.717, 1.165) is 12.2 Å². The molecule has 128 valence electrons. The summed E-state index contributed by atoms with van der Waals surface area (Å²) < 4.78 is 5.36. The maximum atomic E-state index is 12.2. The van der Waals surface area contributed by atoms with E-state index in [2.05, 4.69) is 17.6 Å². The SMILES string of the molecule is CCOc1ccc(NC(=O)/C(C#N)=C\NC2CCCCC2C)cc1. The van der Waals surface area contributed by atoms with E-state index in [0.29, 0.717) is 24.3 Å². The van der Waals surface area contributed by atoms with Crippen molar-refractivity contribution in [3.05, 3.63) is 36.0 Å². The second-order valence-electron chi connectivity index (χ2n) is 6.12. The van der Waals surface area contributed by atoms with Crippen molar-refractivity contribution >= 4 is 11.6 Å². The van der Waals surface area contributed by atoms with Gasteiger partial charge in [0, 0.05) is 17.9 Å². The molecule has 0 spiro atoms. The number of benzene rings is 1. The fourth-order valence-electron chi connectivity index (χ4n) is 2.90. The number of hydrogen-bond donors (Lipinski definition) is 2. The van der Waals surface area contributed by atoms with Crippen molar-refractivity contribution in [2.24, 2.45) is 5.92 Å². The van der Waals surface area contributed by atoms with Gasteiger partial charge in [0.2, 0.25) is 0 Å². The molecule has 1 aliphatic carbocycles. The van der Waals surface area contributed by atoms with Gasteiger partial charge in [-0.05, 0) is 49.9 Å². The predicted molar refractivity (Wildman–Crippen MR) is 94.5 cm³/mol. The maximum Gasteiger partial charge on any atom is 0.267 e. The molecule has 0 aromatic heterocycles. The third-order valence-corrected chi connectivity index (χ3v) is 4.34. The zero-order chi connectivity index (χ0) is 17.4. The number of anilines is 1. The first-order chi connectivity index (χ1) is 11.6. The quantitative estimate of drug-likeness (QED) is 0.618. The predicted octanol–water partition coefficient (Wildman–Crippen LogP) is 3.60. The molecule has 1 saturated carbocycles. The van der Waals surface area contributed by atoms with Crippen LogP contribution in [0.1, 0.15) is 39.5 Å². The van der Waals surface area contributed by atoms with Crippen LogP contribution in [0.25, 0.3) is 0 Å². The van der Waals surface area contributed by atoms with Crippen LogP contribution in [0.4, 0.5) is 5.69 Å². The fourth-order valence-corrected chi connectivity index (χ4v) is 2.90. The topological polar surface area (TPSA) is 74.1 Å². The number of carbonyl (C=O) groups is 1. The summed E-state index contributed by atoms with van der Waals surface area (Å²) >= 11 is 0. The summed E-state index contributed by atoms with van der Waals surface area (Å²) in [5, 5.41) is 15.2. The molecule has 5 heteroatoms. The molecule has 2 atom stereocenters. The molecule has 1 amide bonds. The minimum atomic E-state index is -0.405. The Morgan fingerprint density at radius 3 is 2.67 bits per heavy atom. The standard InChI is InChI=1S/C19H25N3O2/c1-3-24-17-10-8-16(9-11-17)22-19(23)15(12-20)13-21-18-7-5-4-6-14(18)2/h8-11,13-14,18,21H,3-7H2,1-2H3,(H,22,23)/b15-13-. The smallest absolute Gasteiger partial charge is 0.267 e. The van der Waals surface area contributed by atoms with Gasteiger partial charge in [0.25, 0.3) is 5.91 Å². The molecule has 1 fully saturated rings. The number of nitrogens with one attached hydrogen (secondary N) is 2. The molecule has 1 aliphatic rings. The zero-order valence-corrected chi connectivity index (χ0v) is 14.3. The first kappa shape index (κ1) is 17.9. The Kier molecular flexibility index (Phi) is 6.68. The van der Waals surface area contributed by atoms with E-state index < -0.39 is 5.91 Å². The molecule has 0 saturated heterocycles. The highest BCUT2D eigenvalue weighted by Gasteiger charge is 2.20. The van der Waals surface area contributed by atoms with Crippen LogP contribution >= 0.6 is 0 Å². The third-order valence-electron chi connectivity index (χ3n) is 4.34. The van der Waals surface area contributed by atoms with Crippen molar-refractivity contribution in [3.8, 4) is 11.8 Å².